The second-order valence-electron chi connectivity index (χ2n) is 7.94. The Balaban J connectivity index is 1.78. The Bertz CT molecular complexity index is 1060. The van der Waals surface area contributed by atoms with Crippen LogP contribution in [0, 0.1) is 12.9 Å². The summed E-state index contributed by atoms with van der Waals surface area (Å²) >= 11 is 0. The van der Waals surface area contributed by atoms with E-state index in [9.17, 15) is 4.39 Å². The summed E-state index contributed by atoms with van der Waals surface area (Å²) in [7, 11) is 0. The van der Waals surface area contributed by atoms with Crippen LogP contribution in [0.15, 0.2) is 30.6 Å². The number of pyridine rings is 3. The first-order valence-electron chi connectivity index (χ1n) is 10.4. The van der Waals surface area contributed by atoms with Crippen molar-refractivity contribution in [2.24, 2.45) is 0 Å². The Morgan fingerprint density at radius 1 is 1.23 bits per heavy atom. The van der Waals surface area contributed by atoms with Crippen molar-refractivity contribution in [2.45, 2.75) is 32.4 Å². The van der Waals surface area contributed by atoms with Gasteiger partial charge < -0.3 is 9.64 Å². The maximum atomic E-state index is 14.9. The molecule has 0 saturated carbocycles. The molecule has 0 amide bonds. The lowest BCUT2D eigenvalue weighted by Crippen LogP contribution is -2.44. The lowest BCUT2D eigenvalue weighted by Gasteiger charge is -2.35. The van der Waals surface area contributed by atoms with Crippen LogP contribution in [-0.4, -0.2) is 47.3 Å². The standard InChI is InChI=1S/C22H25FN6O/c1-13-3-6-25-22(23)19(13)16-11-18(29-9-10-30-12-14(29)2)27-20-15(16)4-7-24-21(20)17-5-8-26-28-17/h3-4,6-7,11,14,17,26,28H,5,8-10,12H2,1-2H3/t14-,17?/m1/s1. The number of aryl methyl sites for hydroxylation is 1. The fraction of sp³-hybridized carbons (Fsp3) is 0.409. The SMILES string of the molecule is Cc1ccnc(F)c1-c1cc(N2CCOC[C@H]2C)nc2c(C3CCNN3)nccc12. The van der Waals surface area contributed by atoms with Crippen LogP contribution in [0.3, 0.4) is 0 Å². The number of nitrogens with zero attached hydrogens (tertiary/aromatic N) is 4. The first-order valence-corrected chi connectivity index (χ1v) is 10.4. The number of hydrogen-bond donors (Lipinski definition) is 2. The largest absolute Gasteiger partial charge is 0.377 e. The summed E-state index contributed by atoms with van der Waals surface area (Å²) in [5.74, 6) is 0.346. The number of aromatic nitrogens is 3. The van der Waals surface area contributed by atoms with Gasteiger partial charge in [0.05, 0.1) is 36.5 Å². The summed E-state index contributed by atoms with van der Waals surface area (Å²) < 4.78 is 20.5. The van der Waals surface area contributed by atoms with Gasteiger partial charge in [-0.1, -0.05) is 0 Å². The van der Waals surface area contributed by atoms with Crippen LogP contribution < -0.4 is 15.8 Å². The van der Waals surface area contributed by atoms with Crippen LogP contribution in [0.4, 0.5) is 10.2 Å². The van der Waals surface area contributed by atoms with E-state index in [1.165, 1.54) is 6.20 Å². The van der Waals surface area contributed by atoms with Crippen LogP contribution in [0.25, 0.3) is 22.0 Å². The fourth-order valence-corrected chi connectivity index (χ4v) is 4.37. The maximum Gasteiger partial charge on any atom is 0.220 e. The molecule has 0 bridgehead atoms. The summed E-state index contributed by atoms with van der Waals surface area (Å²) in [5, 5.41) is 0.883. The number of hydrazine groups is 1. The molecule has 2 fully saturated rings. The van der Waals surface area contributed by atoms with E-state index in [0.717, 1.165) is 53.1 Å². The molecular weight excluding hydrogens is 383 g/mol. The van der Waals surface area contributed by atoms with Crippen molar-refractivity contribution in [2.75, 3.05) is 31.2 Å². The van der Waals surface area contributed by atoms with E-state index in [4.69, 9.17) is 9.72 Å². The third-order valence-corrected chi connectivity index (χ3v) is 5.95. The molecule has 2 aliphatic rings. The van der Waals surface area contributed by atoms with Gasteiger partial charge >= 0.3 is 0 Å². The lowest BCUT2D eigenvalue weighted by molar-refractivity contribution is 0.0986. The molecule has 0 radical (unpaired) electrons. The Morgan fingerprint density at radius 3 is 2.87 bits per heavy atom. The minimum absolute atomic E-state index is 0.0613. The molecule has 156 valence electrons. The summed E-state index contributed by atoms with van der Waals surface area (Å²) in [6.45, 7) is 6.93. The Labute approximate surface area is 174 Å². The van der Waals surface area contributed by atoms with Crippen LogP contribution in [0.1, 0.15) is 30.6 Å². The zero-order valence-electron chi connectivity index (χ0n) is 17.2. The Morgan fingerprint density at radius 2 is 2.10 bits per heavy atom. The highest BCUT2D eigenvalue weighted by Gasteiger charge is 2.26. The van der Waals surface area contributed by atoms with E-state index in [0.29, 0.717) is 18.8 Å². The average Bonchev–Trinajstić information content (AvgIpc) is 3.28. The van der Waals surface area contributed by atoms with Crippen molar-refractivity contribution in [3.63, 3.8) is 0 Å². The van der Waals surface area contributed by atoms with E-state index < -0.39 is 5.95 Å². The zero-order valence-corrected chi connectivity index (χ0v) is 17.2. The molecule has 3 aromatic rings. The fourth-order valence-electron chi connectivity index (χ4n) is 4.37. The summed E-state index contributed by atoms with van der Waals surface area (Å²) in [4.78, 5) is 15.8. The first kappa shape index (κ1) is 19.3. The number of fused-ring (bicyclic) bond motifs is 1. The number of rotatable bonds is 3. The number of halogens is 1. The van der Waals surface area contributed by atoms with Crippen molar-refractivity contribution in [1.82, 2.24) is 25.8 Å². The smallest absolute Gasteiger partial charge is 0.220 e. The second-order valence-corrected chi connectivity index (χ2v) is 7.94. The van der Waals surface area contributed by atoms with E-state index in [1.54, 1.807) is 6.20 Å². The summed E-state index contributed by atoms with van der Waals surface area (Å²) in [5.41, 5.74) is 10.3. The number of anilines is 1. The van der Waals surface area contributed by atoms with Crippen molar-refractivity contribution < 1.29 is 9.13 Å². The molecule has 2 atom stereocenters. The molecule has 2 N–H and O–H groups in total. The highest BCUT2D eigenvalue weighted by Crippen LogP contribution is 2.37. The van der Waals surface area contributed by atoms with E-state index in [1.807, 2.05) is 25.1 Å². The quantitative estimate of drug-likeness (QED) is 0.646. The molecule has 5 rings (SSSR count). The number of ether oxygens (including phenoxy) is 1. The minimum Gasteiger partial charge on any atom is -0.377 e. The monoisotopic (exact) mass is 408 g/mol. The van der Waals surface area contributed by atoms with Crippen LogP contribution in [0.5, 0.6) is 0 Å². The molecule has 3 aromatic heterocycles. The number of hydrogen-bond acceptors (Lipinski definition) is 7. The highest BCUT2D eigenvalue weighted by atomic mass is 19.1. The van der Waals surface area contributed by atoms with Gasteiger partial charge in [0.15, 0.2) is 0 Å². The van der Waals surface area contributed by atoms with Crippen molar-refractivity contribution in [3.05, 3.63) is 47.8 Å². The molecule has 0 aromatic carbocycles. The van der Waals surface area contributed by atoms with Crippen LogP contribution in [0.2, 0.25) is 0 Å². The molecule has 2 aliphatic heterocycles. The molecule has 0 spiro atoms. The Hall–Kier alpha value is -2.68. The van der Waals surface area contributed by atoms with Gasteiger partial charge in [0.2, 0.25) is 5.95 Å². The number of morpholine rings is 1. The molecule has 8 heteroatoms. The van der Waals surface area contributed by atoms with Crippen LogP contribution in [-0.2, 0) is 4.74 Å². The number of nitrogens with one attached hydrogen (secondary N) is 2. The van der Waals surface area contributed by atoms with E-state index >= 15 is 0 Å². The van der Waals surface area contributed by atoms with E-state index in [2.05, 4.69) is 32.6 Å². The third-order valence-electron chi connectivity index (χ3n) is 5.95. The molecule has 2 saturated heterocycles. The molecule has 5 heterocycles. The summed E-state index contributed by atoms with van der Waals surface area (Å²) in [6.07, 6.45) is 4.20. The van der Waals surface area contributed by atoms with Gasteiger partial charge in [-0.2, -0.15) is 4.39 Å². The van der Waals surface area contributed by atoms with Crippen molar-refractivity contribution in [3.8, 4) is 11.1 Å². The van der Waals surface area contributed by atoms with Crippen LogP contribution >= 0.6 is 0 Å². The predicted molar refractivity (Wildman–Crippen MR) is 114 cm³/mol. The molecular formula is C22H25FN6O. The molecule has 30 heavy (non-hydrogen) atoms. The average molecular weight is 408 g/mol. The topological polar surface area (TPSA) is 75.2 Å². The van der Waals surface area contributed by atoms with Crippen molar-refractivity contribution >= 4 is 16.7 Å². The van der Waals surface area contributed by atoms with Gasteiger partial charge in [0, 0.05) is 36.4 Å². The molecule has 7 nitrogen and oxygen atoms in total. The zero-order chi connectivity index (χ0) is 20.7. The second kappa shape index (κ2) is 7.86. The van der Waals surface area contributed by atoms with Gasteiger partial charge in [-0.3, -0.25) is 10.4 Å². The highest BCUT2D eigenvalue weighted by molar-refractivity contribution is 5.98. The Kier molecular flexibility index (Phi) is 5.06. The molecule has 0 aliphatic carbocycles. The first-order chi connectivity index (χ1) is 14.6. The van der Waals surface area contributed by atoms with Gasteiger partial charge in [0.1, 0.15) is 5.82 Å². The van der Waals surface area contributed by atoms with Gasteiger partial charge in [0.25, 0.3) is 0 Å². The van der Waals surface area contributed by atoms with Gasteiger partial charge in [-0.15, -0.1) is 0 Å². The predicted octanol–water partition coefficient (Wildman–Crippen LogP) is 2.90. The maximum absolute atomic E-state index is 14.9. The third kappa shape index (κ3) is 3.30. The van der Waals surface area contributed by atoms with E-state index in [-0.39, 0.29) is 12.1 Å². The van der Waals surface area contributed by atoms with Gasteiger partial charge in [-0.05, 0) is 49.6 Å². The van der Waals surface area contributed by atoms with Gasteiger partial charge in [-0.25, -0.2) is 15.4 Å². The normalized spacial score (nSPS) is 22.0. The molecule has 1 unspecified atom stereocenters. The summed E-state index contributed by atoms with van der Waals surface area (Å²) in [6, 6.07) is 5.99. The lowest BCUT2D eigenvalue weighted by atomic mass is 9.97. The minimum atomic E-state index is -0.470. The van der Waals surface area contributed by atoms with Crippen molar-refractivity contribution in [1.29, 1.82) is 0 Å².